The molecular formula is C9H7ClF2O2. The second kappa shape index (κ2) is 3.92. The van der Waals surface area contributed by atoms with E-state index >= 15 is 0 Å². The minimum Gasteiger partial charge on any atom is -0.481 e. The second-order valence-electron chi connectivity index (χ2n) is 2.82. The van der Waals surface area contributed by atoms with E-state index in [9.17, 15) is 13.6 Å². The van der Waals surface area contributed by atoms with Gasteiger partial charge in [0.2, 0.25) is 0 Å². The third-order valence-electron chi connectivity index (χ3n) is 1.88. The van der Waals surface area contributed by atoms with Gasteiger partial charge in [-0.1, -0.05) is 11.6 Å². The summed E-state index contributed by atoms with van der Waals surface area (Å²) in [5, 5.41) is 8.16. The summed E-state index contributed by atoms with van der Waals surface area (Å²) in [6, 6.07) is 1.71. The molecule has 1 rings (SSSR count). The number of hydrogen-bond donors (Lipinski definition) is 1. The highest BCUT2D eigenvalue weighted by atomic mass is 35.5. The summed E-state index contributed by atoms with van der Waals surface area (Å²) < 4.78 is 26.0. The molecule has 14 heavy (non-hydrogen) atoms. The molecule has 0 aromatic heterocycles. The zero-order valence-electron chi connectivity index (χ0n) is 7.22. The molecule has 1 aromatic rings. The van der Waals surface area contributed by atoms with Crippen molar-refractivity contribution in [3.05, 3.63) is 34.4 Å². The minimum atomic E-state index is -1.25. The van der Waals surface area contributed by atoms with Crippen LogP contribution >= 0.6 is 11.6 Å². The van der Waals surface area contributed by atoms with Gasteiger partial charge in [0, 0.05) is 5.56 Å². The maximum atomic E-state index is 13.1. The van der Waals surface area contributed by atoms with Crippen LogP contribution in [0.15, 0.2) is 12.1 Å². The van der Waals surface area contributed by atoms with E-state index in [0.29, 0.717) is 0 Å². The fourth-order valence-corrected chi connectivity index (χ4v) is 1.38. The fourth-order valence-electron chi connectivity index (χ4n) is 1.06. The topological polar surface area (TPSA) is 37.3 Å². The number of halogens is 3. The van der Waals surface area contributed by atoms with Crippen molar-refractivity contribution in [3.63, 3.8) is 0 Å². The van der Waals surface area contributed by atoms with Gasteiger partial charge in [0.1, 0.15) is 11.6 Å². The lowest BCUT2D eigenvalue weighted by Gasteiger charge is -2.10. The van der Waals surface area contributed by atoms with Gasteiger partial charge in [0.25, 0.3) is 0 Å². The summed E-state index contributed by atoms with van der Waals surface area (Å²) in [6.07, 6.45) is 0. The van der Waals surface area contributed by atoms with Crippen molar-refractivity contribution in [1.82, 2.24) is 0 Å². The van der Waals surface area contributed by atoms with Gasteiger partial charge in [-0.05, 0) is 19.1 Å². The van der Waals surface area contributed by atoms with Crippen LogP contribution in [0.4, 0.5) is 8.78 Å². The third kappa shape index (κ3) is 1.85. The fraction of sp³-hybridized carbons (Fsp3) is 0.222. The van der Waals surface area contributed by atoms with Crippen LogP contribution < -0.4 is 0 Å². The van der Waals surface area contributed by atoms with Gasteiger partial charge in [-0.25, -0.2) is 8.78 Å². The monoisotopic (exact) mass is 220 g/mol. The molecule has 0 amide bonds. The number of rotatable bonds is 2. The predicted molar refractivity (Wildman–Crippen MR) is 47.4 cm³/mol. The third-order valence-corrected chi connectivity index (χ3v) is 2.27. The van der Waals surface area contributed by atoms with E-state index in [4.69, 9.17) is 16.7 Å². The zero-order chi connectivity index (χ0) is 10.9. The highest BCUT2D eigenvalue weighted by molar-refractivity contribution is 6.31. The second-order valence-corrected chi connectivity index (χ2v) is 3.19. The molecule has 0 aliphatic heterocycles. The Kier molecular flexibility index (Phi) is 3.06. The first-order valence-electron chi connectivity index (χ1n) is 3.81. The van der Waals surface area contributed by atoms with Crippen LogP contribution in [0.25, 0.3) is 0 Å². The molecule has 0 aliphatic rings. The molecule has 1 atom stereocenters. The molecule has 5 heteroatoms. The Balaban J connectivity index is 3.32. The van der Waals surface area contributed by atoms with E-state index < -0.39 is 28.5 Å². The average molecular weight is 221 g/mol. The lowest BCUT2D eigenvalue weighted by molar-refractivity contribution is -0.138. The smallest absolute Gasteiger partial charge is 0.310 e. The van der Waals surface area contributed by atoms with Crippen LogP contribution in [0.5, 0.6) is 0 Å². The molecular weight excluding hydrogens is 214 g/mol. The predicted octanol–water partition coefficient (Wildman–Crippen LogP) is 2.81. The number of aliphatic carboxylic acids is 1. The average Bonchev–Trinajstić information content (AvgIpc) is 2.12. The Morgan fingerprint density at radius 2 is 1.93 bits per heavy atom. The lowest BCUT2D eigenvalue weighted by atomic mass is 10.0. The molecule has 0 spiro atoms. The van der Waals surface area contributed by atoms with Gasteiger partial charge >= 0.3 is 5.97 Å². The molecule has 2 nitrogen and oxygen atoms in total. The molecule has 0 saturated heterocycles. The quantitative estimate of drug-likeness (QED) is 0.779. The first-order chi connectivity index (χ1) is 6.45. The standard InChI is InChI=1S/C9H7ClF2O2/c1-4(9(13)14)7-5(11)2-3-6(12)8(7)10/h2-4H,1H3,(H,13,14). The molecule has 0 bridgehead atoms. The molecule has 0 aliphatic carbocycles. The molecule has 0 radical (unpaired) electrons. The SMILES string of the molecule is CC(C(=O)O)c1c(F)ccc(F)c1Cl. The van der Waals surface area contributed by atoms with Crippen LogP contribution in [0.2, 0.25) is 5.02 Å². The summed E-state index contributed by atoms with van der Waals surface area (Å²) in [5.41, 5.74) is -0.320. The molecule has 0 saturated carbocycles. The number of hydrogen-bond acceptors (Lipinski definition) is 1. The van der Waals surface area contributed by atoms with E-state index in [1.165, 1.54) is 6.92 Å². The lowest BCUT2D eigenvalue weighted by Crippen LogP contribution is -2.10. The Bertz CT molecular complexity index is 379. The van der Waals surface area contributed by atoms with E-state index in [2.05, 4.69) is 0 Å². The van der Waals surface area contributed by atoms with Crippen LogP contribution in [-0.4, -0.2) is 11.1 Å². The van der Waals surface area contributed by atoms with Gasteiger partial charge in [-0.2, -0.15) is 0 Å². The highest BCUT2D eigenvalue weighted by Gasteiger charge is 2.22. The Morgan fingerprint density at radius 3 is 2.43 bits per heavy atom. The molecule has 1 aromatic carbocycles. The molecule has 1 N–H and O–H groups in total. The van der Waals surface area contributed by atoms with Crippen LogP contribution in [0, 0.1) is 11.6 Å². The van der Waals surface area contributed by atoms with Crippen molar-refractivity contribution >= 4 is 17.6 Å². The van der Waals surface area contributed by atoms with Crippen molar-refractivity contribution in [2.45, 2.75) is 12.8 Å². The van der Waals surface area contributed by atoms with E-state index in [1.54, 1.807) is 0 Å². The summed E-state index contributed by atoms with van der Waals surface area (Å²) in [7, 11) is 0. The van der Waals surface area contributed by atoms with Crippen molar-refractivity contribution in [3.8, 4) is 0 Å². The van der Waals surface area contributed by atoms with E-state index in [1.807, 2.05) is 0 Å². The van der Waals surface area contributed by atoms with Crippen LogP contribution in [0.3, 0.4) is 0 Å². The van der Waals surface area contributed by atoms with Crippen molar-refractivity contribution in [2.24, 2.45) is 0 Å². The summed E-state index contributed by atoms with van der Waals surface area (Å²) in [6.45, 7) is 1.24. The first kappa shape index (κ1) is 10.9. The van der Waals surface area contributed by atoms with Gasteiger partial charge in [-0.3, -0.25) is 4.79 Å². The Labute approximate surface area is 84.1 Å². The summed E-state index contributed by atoms with van der Waals surface area (Å²) in [4.78, 5) is 10.6. The van der Waals surface area contributed by atoms with Crippen LogP contribution in [0.1, 0.15) is 18.4 Å². The Hall–Kier alpha value is -1.16. The molecule has 76 valence electrons. The zero-order valence-corrected chi connectivity index (χ0v) is 7.98. The van der Waals surface area contributed by atoms with Gasteiger partial charge < -0.3 is 5.11 Å². The van der Waals surface area contributed by atoms with Gasteiger partial charge in [0.05, 0.1) is 10.9 Å². The number of carboxylic acid groups (broad SMARTS) is 1. The van der Waals surface area contributed by atoms with E-state index in [-0.39, 0.29) is 5.56 Å². The van der Waals surface area contributed by atoms with E-state index in [0.717, 1.165) is 12.1 Å². The maximum Gasteiger partial charge on any atom is 0.310 e. The minimum absolute atomic E-state index is 0.320. The largest absolute Gasteiger partial charge is 0.481 e. The molecule has 1 unspecified atom stereocenters. The first-order valence-corrected chi connectivity index (χ1v) is 4.19. The number of carboxylic acids is 1. The number of benzene rings is 1. The van der Waals surface area contributed by atoms with Crippen molar-refractivity contribution < 1.29 is 18.7 Å². The van der Waals surface area contributed by atoms with Crippen molar-refractivity contribution in [1.29, 1.82) is 0 Å². The number of carbonyl (C=O) groups is 1. The normalized spacial score (nSPS) is 12.6. The van der Waals surface area contributed by atoms with Crippen molar-refractivity contribution in [2.75, 3.05) is 0 Å². The Morgan fingerprint density at radius 1 is 1.43 bits per heavy atom. The maximum absolute atomic E-state index is 13.1. The van der Waals surface area contributed by atoms with Gasteiger partial charge in [0.15, 0.2) is 0 Å². The van der Waals surface area contributed by atoms with Gasteiger partial charge in [-0.15, -0.1) is 0 Å². The summed E-state index contributed by atoms with van der Waals surface area (Å²) >= 11 is 5.46. The van der Waals surface area contributed by atoms with Crippen LogP contribution in [-0.2, 0) is 4.79 Å². The highest BCUT2D eigenvalue weighted by Crippen LogP contribution is 2.29. The summed E-state index contributed by atoms with van der Waals surface area (Å²) in [5.74, 6) is -4.06. The molecule has 0 fully saturated rings. The molecule has 0 heterocycles.